The van der Waals surface area contributed by atoms with Gasteiger partial charge >= 0.3 is 0 Å². The number of Topliss-reactive ketones (excluding diaryl/α,β-unsaturated/α-hetero) is 1. The van der Waals surface area contributed by atoms with Crippen molar-refractivity contribution in [2.45, 2.75) is 0 Å². The van der Waals surface area contributed by atoms with Gasteiger partial charge in [0, 0.05) is 6.07 Å². The van der Waals surface area contributed by atoms with Gasteiger partial charge in [0.2, 0.25) is 0 Å². The Morgan fingerprint density at radius 2 is 1.69 bits per heavy atom. The van der Waals surface area contributed by atoms with Gasteiger partial charge < -0.3 is 15.3 Å². The Bertz CT molecular complexity index is 348. The van der Waals surface area contributed by atoms with Crippen LogP contribution in [0.25, 0.3) is 0 Å². The number of phenolic OH excluding ortho intramolecular Hbond substituents is 3. The Morgan fingerprint density at radius 1 is 1.15 bits per heavy atom. The third-order valence-electron chi connectivity index (χ3n) is 1.51. The van der Waals surface area contributed by atoms with Gasteiger partial charge in [-0.15, -0.1) is 11.6 Å². The number of alkyl halides is 1. The molecule has 0 aliphatic heterocycles. The van der Waals surface area contributed by atoms with Crippen LogP contribution in [0.5, 0.6) is 17.2 Å². The number of hydrogen-bond donors (Lipinski definition) is 3. The molecule has 13 heavy (non-hydrogen) atoms. The number of hydrogen-bond acceptors (Lipinski definition) is 4. The van der Waals surface area contributed by atoms with E-state index in [0.717, 1.165) is 12.1 Å². The number of halogens is 1. The second-order valence-electron chi connectivity index (χ2n) is 2.41. The lowest BCUT2D eigenvalue weighted by Gasteiger charge is -2.03. The second-order valence-corrected chi connectivity index (χ2v) is 2.68. The molecule has 0 aromatic heterocycles. The van der Waals surface area contributed by atoms with Crippen LogP contribution in [0.1, 0.15) is 10.4 Å². The summed E-state index contributed by atoms with van der Waals surface area (Å²) in [7, 11) is 0. The number of carbonyl (C=O) groups is 1. The number of ketones is 1. The average molecular weight is 203 g/mol. The van der Waals surface area contributed by atoms with Crippen molar-refractivity contribution < 1.29 is 20.1 Å². The fourth-order valence-electron chi connectivity index (χ4n) is 0.861. The van der Waals surface area contributed by atoms with E-state index in [1.54, 1.807) is 0 Å². The number of phenols is 3. The summed E-state index contributed by atoms with van der Waals surface area (Å²) in [6.45, 7) is 0. The first-order chi connectivity index (χ1) is 6.06. The molecule has 0 atom stereocenters. The van der Waals surface area contributed by atoms with Gasteiger partial charge in [-0.05, 0) is 6.07 Å². The van der Waals surface area contributed by atoms with Gasteiger partial charge in [-0.25, -0.2) is 0 Å². The first-order valence-electron chi connectivity index (χ1n) is 3.40. The van der Waals surface area contributed by atoms with Crippen molar-refractivity contribution in [1.29, 1.82) is 0 Å². The Hall–Kier alpha value is -1.42. The van der Waals surface area contributed by atoms with E-state index in [2.05, 4.69) is 0 Å². The van der Waals surface area contributed by atoms with Gasteiger partial charge in [-0.2, -0.15) is 0 Å². The molecular formula is C8H7ClO4. The van der Waals surface area contributed by atoms with Gasteiger partial charge in [0.15, 0.2) is 17.3 Å². The molecule has 1 aromatic rings. The van der Waals surface area contributed by atoms with E-state index in [1.807, 2.05) is 0 Å². The number of benzene rings is 1. The molecule has 0 amide bonds. The summed E-state index contributed by atoms with van der Waals surface area (Å²) in [6, 6.07) is 1.85. The van der Waals surface area contributed by atoms with Gasteiger partial charge in [0.1, 0.15) is 5.75 Å². The molecule has 0 saturated carbocycles. The van der Waals surface area contributed by atoms with Gasteiger partial charge in [-0.3, -0.25) is 4.79 Å². The second kappa shape index (κ2) is 3.53. The normalized spacial score (nSPS) is 9.92. The summed E-state index contributed by atoms with van der Waals surface area (Å²) >= 11 is 5.25. The molecule has 5 heteroatoms. The van der Waals surface area contributed by atoms with E-state index in [1.165, 1.54) is 0 Å². The lowest BCUT2D eigenvalue weighted by atomic mass is 10.1. The van der Waals surface area contributed by atoms with Crippen molar-refractivity contribution in [1.82, 2.24) is 0 Å². The molecule has 4 nitrogen and oxygen atoms in total. The molecule has 0 unspecified atom stereocenters. The predicted octanol–water partition coefficient (Wildman–Crippen LogP) is 1.22. The van der Waals surface area contributed by atoms with Crippen LogP contribution in [0.4, 0.5) is 0 Å². The van der Waals surface area contributed by atoms with E-state index in [-0.39, 0.29) is 11.4 Å². The van der Waals surface area contributed by atoms with E-state index in [4.69, 9.17) is 26.9 Å². The molecule has 0 heterocycles. The largest absolute Gasteiger partial charge is 0.507 e. The summed E-state index contributed by atoms with van der Waals surface area (Å²) in [6.07, 6.45) is 0. The number of aromatic hydroxyl groups is 3. The highest BCUT2D eigenvalue weighted by molar-refractivity contribution is 6.30. The minimum Gasteiger partial charge on any atom is -0.507 e. The maximum atomic E-state index is 11.0. The van der Waals surface area contributed by atoms with Gasteiger partial charge in [-0.1, -0.05) is 0 Å². The zero-order valence-corrected chi connectivity index (χ0v) is 7.25. The van der Waals surface area contributed by atoms with Crippen molar-refractivity contribution in [3.63, 3.8) is 0 Å². The Morgan fingerprint density at radius 3 is 2.23 bits per heavy atom. The van der Waals surface area contributed by atoms with Crippen LogP contribution < -0.4 is 0 Å². The van der Waals surface area contributed by atoms with Crippen LogP contribution in [0.15, 0.2) is 12.1 Å². The van der Waals surface area contributed by atoms with Crippen LogP contribution >= 0.6 is 11.6 Å². The standard InChI is InChI=1S/C8H7ClO4/c9-3-8(13)4-1-6(11)7(12)2-5(4)10/h1-2,10-12H,3H2. The van der Waals surface area contributed by atoms with Crippen molar-refractivity contribution in [2.24, 2.45) is 0 Å². The molecule has 0 aliphatic carbocycles. The van der Waals surface area contributed by atoms with E-state index < -0.39 is 23.0 Å². The molecule has 70 valence electrons. The lowest BCUT2D eigenvalue weighted by molar-refractivity contribution is 0.101. The number of rotatable bonds is 2. The van der Waals surface area contributed by atoms with Gasteiger partial charge in [0.05, 0.1) is 11.4 Å². The monoisotopic (exact) mass is 202 g/mol. The molecule has 0 fully saturated rings. The summed E-state index contributed by atoms with van der Waals surface area (Å²) in [4.78, 5) is 11.0. The Kier molecular flexibility index (Phi) is 2.63. The van der Waals surface area contributed by atoms with E-state index in [0.29, 0.717) is 0 Å². The highest BCUT2D eigenvalue weighted by Crippen LogP contribution is 2.32. The van der Waals surface area contributed by atoms with Crippen molar-refractivity contribution in [2.75, 3.05) is 5.88 Å². The van der Waals surface area contributed by atoms with Crippen LogP contribution in [-0.2, 0) is 0 Å². The van der Waals surface area contributed by atoms with Crippen LogP contribution in [0, 0.1) is 0 Å². The van der Waals surface area contributed by atoms with Crippen LogP contribution in [0.3, 0.4) is 0 Å². The first-order valence-corrected chi connectivity index (χ1v) is 3.93. The maximum absolute atomic E-state index is 11.0. The van der Waals surface area contributed by atoms with E-state index in [9.17, 15) is 4.79 Å². The Balaban J connectivity index is 3.23. The quantitative estimate of drug-likeness (QED) is 0.292. The molecule has 0 saturated heterocycles. The van der Waals surface area contributed by atoms with Crippen molar-refractivity contribution in [3.05, 3.63) is 17.7 Å². The zero-order valence-electron chi connectivity index (χ0n) is 6.49. The lowest BCUT2D eigenvalue weighted by Crippen LogP contribution is -2.00. The summed E-state index contributed by atoms with van der Waals surface area (Å²) in [5.74, 6) is -2.16. The smallest absolute Gasteiger partial charge is 0.181 e. The average Bonchev–Trinajstić information content (AvgIpc) is 2.10. The molecule has 0 spiro atoms. The maximum Gasteiger partial charge on any atom is 0.181 e. The minimum atomic E-state index is -0.519. The SMILES string of the molecule is O=C(CCl)c1cc(O)c(O)cc1O. The summed E-state index contributed by atoms with van der Waals surface area (Å²) in [5, 5.41) is 27.1. The van der Waals surface area contributed by atoms with Crippen LogP contribution in [0.2, 0.25) is 0 Å². The molecule has 3 N–H and O–H groups in total. The Labute approximate surface area is 79.0 Å². The molecule has 0 bridgehead atoms. The minimum absolute atomic E-state index is 0.106. The third-order valence-corrected chi connectivity index (χ3v) is 1.76. The highest BCUT2D eigenvalue weighted by atomic mass is 35.5. The summed E-state index contributed by atoms with van der Waals surface area (Å²) in [5.41, 5.74) is -0.106. The molecule has 0 aliphatic rings. The fraction of sp³-hybridized carbons (Fsp3) is 0.125. The molecule has 1 rings (SSSR count). The van der Waals surface area contributed by atoms with Crippen molar-refractivity contribution >= 4 is 17.4 Å². The molecule has 1 aromatic carbocycles. The first kappa shape index (κ1) is 9.67. The fourth-order valence-corrected chi connectivity index (χ4v) is 1.01. The summed E-state index contributed by atoms with van der Waals surface area (Å²) < 4.78 is 0. The predicted molar refractivity (Wildman–Crippen MR) is 46.5 cm³/mol. The molecule has 0 radical (unpaired) electrons. The topological polar surface area (TPSA) is 77.8 Å². The highest BCUT2D eigenvalue weighted by Gasteiger charge is 2.13. The van der Waals surface area contributed by atoms with Crippen LogP contribution in [-0.4, -0.2) is 27.0 Å². The van der Waals surface area contributed by atoms with Crippen molar-refractivity contribution in [3.8, 4) is 17.2 Å². The zero-order chi connectivity index (χ0) is 10.0. The number of carbonyl (C=O) groups excluding carboxylic acids is 1. The third kappa shape index (κ3) is 1.84. The van der Waals surface area contributed by atoms with Gasteiger partial charge in [0.25, 0.3) is 0 Å². The van der Waals surface area contributed by atoms with E-state index >= 15 is 0 Å². The molecular weight excluding hydrogens is 196 g/mol.